The van der Waals surface area contributed by atoms with Gasteiger partial charge < -0.3 is 0 Å². The number of hydrogen-bond acceptors (Lipinski definition) is 2. The Hall–Kier alpha value is -2.45. The van der Waals surface area contributed by atoms with Gasteiger partial charge >= 0.3 is 0 Å². The van der Waals surface area contributed by atoms with Crippen LogP contribution in [0.3, 0.4) is 0 Å². The molecule has 0 saturated heterocycles. The fourth-order valence-electron chi connectivity index (χ4n) is 2.55. The summed E-state index contributed by atoms with van der Waals surface area (Å²) in [5, 5.41) is 5.72. The molecule has 0 saturated carbocycles. The van der Waals surface area contributed by atoms with Gasteiger partial charge in [-0.3, -0.25) is 0 Å². The van der Waals surface area contributed by atoms with E-state index in [0.717, 1.165) is 10.7 Å². The van der Waals surface area contributed by atoms with Crippen molar-refractivity contribution in [3.05, 3.63) is 78.2 Å². The van der Waals surface area contributed by atoms with Crippen LogP contribution in [0.2, 0.25) is 0 Å². The Bertz CT molecular complexity index is 888. The number of rotatable bonds is 2. The fourth-order valence-corrected chi connectivity index (χ4v) is 3.42. The predicted octanol–water partition coefficient (Wildman–Crippen LogP) is 5.63. The zero-order valence-corrected chi connectivity index (χ0v) is 12.2. The molecule has 0 unspecified atom stereocenters. The van der Waals surface area contributed by atoms with Gasteiger partial charge in [-0.25, -0.2) is 4.98 Å². The van der Waals surface area contributed by atoms with Crippen molar-refractivity contribution in [2.45, 2.75) is 0 Å². The normalized spacial score (nSPS) is 10.9. The van der Waals surface area contributed by atoms with Gasteiger partial charge in [0.2, 0.25) is 0 Å². The number of nitrogens with zero attached hydrogens (tertiary/aromatic N) is 1. The Morgan fingerprint density at radius 1 is 0.714 bits per heavy atom. The largest absolute Gasteiger partial charge is 0.236 e. The summed E-state index contributed by atoms with van der Waals surface area (Å²) in [5.41, 5.74) is 3.42. The summed E-state index contributed by atoms with van der Waals surface area (Å²) in [6.45, 7) is 0. The van der Waals surface area contributed by atoms with Crippen molar-refractivity contribution < 1.29 is 0 Å². The molecule has 0 spiro atoms. The average molecular weight is 287 g/mol. The first-order valence-corrected chi connectivity index (χ1v) is 7.79. The molecule has 4 rings (SSSR count). The molecule has 0 atom stereocenters. The molecular weight excluding hydrogens is 274 g/mol. The molecule has 0 bridgehead atoms. The second kappa shape index (κ2) is 5.15. The quantitative estimate of drug-likeness (QED) is 0.465. The molecular formula is C19H13NS. The lowest BCUT2D eigenvalue weighted by Gasteiger charge is -2.03. The van der Waals surface area contributed by atoms with E-state index in [0.29, 0.717) is 0 Å². The van der Waals surface area contributed by atoms with Crippen LogP contribution in [-0.2, 0) is 0 Å². The number of thiazole rings is 1. The molecule has 1 aromatic heterocycles. The van der Waals surface area contributed by atoms with Crippen LogP contribution in [0.25, 0.3) is 32.6 Å². The van der Waals surface area contributed by atoms with E-state index < -0.39 is 0 Å². The van der Waals surface area contributed by atoms with Crippen LogP contribution in [0.5, 0.6) is 0 Å². The van der Waals surface area contributed by atoms with E-state index in [1.165, 1.54) is 21.9 Å². The first kappa shape index (κ1) is 12.3. The van der Waals surface area contributed by atoms with Crippen molar-refractivity contribution in [1.82, 2.24) is 4.98 Å². The van der Waals surface area contributed by atoms with Gasteiger partial charge in [0.1, 0.15) is 5.01 Å². The van der Waals surface area contributed by atoms with Gasteiger partial charge in [-0.2, -0.15) is 0 Å². The van der Waals surface area contributed by atoms with Gasteiger partial charge in [-0.1, -0.05) is 72.8 Å². The minimum absolute atomic E-state index is 1.04. The molecule has 0 amide bonds. The monoisotopic (exact) mass is 287 g/mol. The second-order valence-corrected chi connectivity index (χ2v) is 5.79. The number of fused-ring (bicyclic) bond motifs is 1. The molecule has 4 aromatic rings. The van der Waals surface area contributed by atoms with Crippen LogP contribution < -0.4 is 0 Å². The van der Waals surface area contributed by atoms with E-state index >= 15 is 0 Å². The third kappa shape index (κ3) is 2.24. The maximum Gasteiger partial charge on any atom is 0.124 e. The summed E-state index contributed by atoms with van der Waals surface area (Å²) >= 11 is 1.70. The minimum atomic E-state index is 1.04. The lowest BCUT2D eigenvalue weighted by molar-refractivity contribution is 1.41. The van der Waals surface area contributed by atoms with Crippen molar-refractivity contribution in [2.75, 3.05) is 0 Å². The van der Waals surface area contributed by atoms with Gasteiger partial charge in [0.15, 0.2) is 0 Å². The highest BCUT2D eigenvalue weighted by Crippen LogP contribution is 2.33. The van der Waals surface area contributed by atoms with Crippen molar-refractivity contribution in [1.29, 1.82) is 0 Å². The number of hydrogen-bond donors (Lipinski definition) is 0. The SMILES string of the molecule is c1ccc(-c2csc(-c3cccc4ccccc34)n2)cc1. The van der Waals surface area contributed by atoms with Crippen LogP contribution in [0, 0.1) is 0 Å². The highest BCUT2D eigenvalue weighted by Gasteiger charge is 2.09. The van der Waals surface area contributed by atoms with E-state index in [2.05, 4.69) is 60.0 Å². The maximum atomic E-state index is 4.82. The van der Waals surface area contributed by atoms with Gasteiger partial charge in [-0.05, 0) is 10.8 Å². The number of benzene rings is 3. The minimum Gasteiger partial charge on any atom is -0.236 e. The Morgan fingerprint density at radius 2 is 1.48 bits per heavy atom. The van der Waals surface area contributed by atoms with Crippen molar-refractivity contribution in [3.63, 3.8) is 0 Å². The third-order valence-corrected chi connectivity index (χ3v) is 4.47. The van der Waals surface area contributed by atoms with E-state index in [4.69, 9.17) is 4.98 Å². The van der Waals surface area contributed by atoms with Crippen LogP contribution in [0.15, 0.2) is 78.2 Å². The van der Waals surface area contributed by atoms with Gasteiger partial charge in [-0.15, -0.1) is 11.3 Å². The highest BCUT2D eigenvalue weighted by atomic mass is 32.1. The van der Waals surface area contributed by atoms with Gasteiger partial charge in [0.05, 0.1) is 5.69 Å². The van der Waals surface area contributed by atoms with E-state index in [1.54, 1.807) is 11.3 Å². The molecule has 2 heteroatoms. The third-order valence-electron chi connectivity index (χ3n) is 3.59. The summed E-state index contributed by atoms with van der Waals surface area (Å²) in [5.74, 6) is 0. The van der Waals surface area contributed by atoms with Gasteiger partial charge in [0, 0.05) is 16.5 Å². The predicted molar refractivity (Wildman–Crippen MR) is 90.5 cm³/mol. The second-order valence-electron chi connectivity index (χ2n) is 4.93. The molecule has 0 aliphatic carbocycles. The molecule has 3 aromatic carbocycles. The summed E-state index contributed by atoms with van der Waals surface area (Å²) in [4.78, 5) is 4.82. The molecule has 21 heavy (non-hydrogen) atoms. The number of aromatic nitrogens is 1. The zero-order valence-electron chi connectivity index (χ0n) is 11.4. The van der Waals surface area contributed by atoms with Crippen LogP contribution in [0.4, 0.5) is 0 Å². The first-order chi connectivity index (χ1) is 10.4. The molecule has 0 aliphatic heterocycles. The Labute approximate surface area is 127 Å². The summed E-state index contributed by atoms with van der Waals surface area (Å²) < 4.78 is 0. The molecule has 0 aliphatic rings. The summed E-state index contributed by atoms with van der Waals surface area (Å²) in [6.07, 6.45) is 0. The fraction of sp³-hybridized carbons (Fsp3) is 0. The van der Waals surface area contributed by atoms with Gasteiger partial charge in [0.25, 0.3) is 0 Å². The maximum absolute atomic E-state index is 4.82. The van der Waals surface area contributed by atoms with Crippen molar-refractivity contribution in [3.8, 4) is 21.8 Å². The smallest absolute Gasteiger partial charge is 0.124 e. The average Bonchev–Trinajstić information content (AvgIpc) is 3.05. The molecule has 0 fully saturated rings. The van der Waals surface area contributed by atoms with Crippen molar-refractivity contribution >= 4 is 22.1 Å². The van der Waals surface area contributed by atoms with E-state index in [-0.39, 0.29) is 0 Å². The lowest BCUT2D eigenvalue weighted by atomic mass is 10.1. The Morgan fingerprint density at radius 3 is 2.38 bits per heavy atom. The molecule has 0 N–H and O–H groups in total. The Balaban J connectivity index is 1.85. The summed E-state index contributed by atoms with van der Waals surface area (Å²) in [6, 6.07) is 25.2. The zero-order chi connectivity index (χ0) is 14.1. The summed E-state index contributed by atoms with van der Waals surface area (Å²) in [7, 11) is 0. The van der Waals surface area contributed by atoms with E-state index in [1.807, 2.05) is 18.2 Å². The van der Waals surface area contributed by atoms with Crippen LogP contribution in [-0.4, -0.2) is 4.98 Å². The molecule has 100 valence electrons. The lowest BCUT2D eigenvalue weighted by Crippen LogP contribution is -1.81. The topological polar surface area (TPSA) is 12.9 Å². The molecule has 1 nitrogen and oxygen atoms in total. The molecule has 0 radical (unpaired) electrons. The van der Waals surface area contributed by atoms with Crippen LogP contribution in [0.1, 0.15) is 0 Å². The molecule has 1 heterocycles. The first-order valence-electron chi connectivity index (χ1n) is 6.91. The highest BCUT2D eigenvalue weighted by molar-refractivity contribution is 7.13. The van der Waals surface area contributed by atoms with Crippen LogP contribution >= 0.6 is 11.3 Å². The standard InChI is InChI=1S/C19H13NS/c1-2-8-15(9-3-1)18-13-21-19(20-18)17-12-6-10-14-7-4-5-11-16(14)17/h1-13H. The Kier molecular flexibility index (Phi) is 3.02. The van der Waals surface area contributed by atoms with Crippen molar-refractivity contribution in [2.24, 2.45) is 0 Å². The van der Waals surface area contributed by atoms with E-state index in [9.17, 15) is 0 Å².